The first-order valence-electron chi connectivity index (χ1n) is 8.60. The molecule has 0 bridgehead atoms. The summed E-state index contributed by atoms with van der Waals surface area (Å²) in [4.78, 5) is 41.8. The Morgan fingerprint density at radius 3 is 2.93 bits per heavy atom. The highest BCUT2D eigenvalue weighted by molar-refractivity contribution is 5.98. The molecule has 1 atom stereocenters. The van der Waals surface area contributed by atoms with Gasteiger partial charge < -0.3 is 15.0 Å². The molecule has 0 radical (unpaired) electrons. The molecule has 3 rings (SSSR count). The molecule has 0 fully saturated rings. The minimum Gasteiger partial charge on any atom is -0.466 e. The smallest absolute Gasteiger partial charge is 0.313 e. The SMILES string of the molecule is CCOC(=O)Cc1nc(C(C)NC(=O)c2cc3n(n2)CCN(C)C3=O)n[nH]1. The summed E-state index contributed by atoms with van der Waals surface area (Å²) in [5.74, 6) is -0.316. The standard InChI is InChI=1S/C16H21N7O4/c1-4-27-13(24)8-12-18-14(20-19-12)9(2)17-15(25)10-7-11-16(26)22(3)5-6-23(11)21-10/h7,9H,4-6,8H2,1-3H3,(H,17,25)(H,18,19,20). The number of aromatic amines is 1. The number of esters is 1. The number of ether oxygens (including phenoxy) is 1. The summed E-state index contributed by atoms with van der Waals surface area (Å²) in [7, 11) is 1.71. The number of hydrogen-bond donors (Lipinski definition) is 2. The number of carbonyl (C=O) groups is 3. The second-order valence-electron chi connectivity index (χ2n) is 6.18. The number of nitrogens with one attached hydrogen (secondary N) is 2. The minimum absolute atomic E-state index is 0.0229. The Labute approximate surface area is 155 Å². The average Bonchev–Trinajstić information content (AvgIpc) is 3.25. The fourth-order valence-electron chi connectivity index (χ4n) is 2.68. The van der Waals surface area contributed by atoms with E-state index in [2.05, 4.69) is 25.6 Å². The molecule has 2 aromatic rings. The molecule has 11 heteroatoms. The van der Waals surface area contributed by atoms with Gasteiger partial charge in [0.25, 0.3) is 11.8 Å². The predicted molar refractivity (Wildman–Crippen MR) is 91.8 cm³/mol. The third-order valence-corrected chi connectivity index (χ3v) is 4.13. The first-order valence-corrected chi connectivity index (χ1v) is 8.60. The summed E-state index contributed by atoms with van der Waals surface area (Å²) in [6, 6.07) is 0.964. The van der Waals surface area contributed by atoms with Crippen LogP contribution in [0.2, 0.25) is 0 Å². The second-order valence-corrected chi connectivity index (χ2v) is 6.18. The van der Waals surface area contributed by atoms with Crippen LogP contribution in [-0.4, -0.2) is 67.8 Å². The lowest BCUT2D eigenvalue weighted by molar-refractivity contribution is -0.142. The number of hydrogen-bond acceptors (Lipinski definition) is 7. The van der Waals surface area contributed by atoms with Gasteiger partial charge in [0, 0.05) is 19.7 Å². The van der Waals surface area contributed by atoms with Gasteiger partial charge in [-0.15, -0.1) is 0 Å². The van der Waals surface area contributed by atoms with Gasteiger partial charge in [-0.25, -0.2) is 4.98 Å². The third kappa shape index (κ3) is 3.96. The maximum Gasteiger partial charge on any atom is 0.313 e. The highest BCUT2D eigenvalue weighted by Crippen LogP contribution is 2.14. The molecule has 0 saturated carbocycles. The molecular formula is C16H21N7O4. The predicted octanol–water partition coefficient (Wildman–Crippen LogP) is -0.317. The van der Waals surface area contributed by atoms with Crippen LogP contribution >= 0.6 is 0 Å². The topological polar surface area (TPSA) is 135 Å². The van der Waals surface area contributed by atoms with Gasteiger partial charge in [-0.2, -0.15) is 10.2 Å². The number of H-pyrrole nitrogens is 1. The highest BCUT2D eigenvalue weighted by Gasteiger charge is 2.26. The van der Waals surface area contributed by atoms with Crippen molar-refractivity contribution in [3.05, 3.63) is 29.1 Å². The fourth-order valence-corrected chi connectivity index (χ4v) is 2.68. The van der Waals surface area contributed by atoms with E-state index in [9.17, 15) is 14.4 Å². The Kier molecular flexibility index (Phi) is 5.19. The Morgan fingerprint density at radius 1 is 1.41 bits per heavy atom. The number of nitrogens with zero attached hydrogens (tertiary/aromatic N) is 5. The number of rotatable bonds is 6. The molecular weight excluding hydrogens is 354 g/mol. The maximum absolute atomic E-state index is 12.5. The van der Waals surface area contributed by atoms with Crippen LogP contribution in [0.4, 0.5) is 0 Å². The Morgan fingerprint density at radius 2 is 2.19 bits per heavy atom. The van der Waals surface area contributed by atoms with Crippen LogP contribution in [-0.2, 0) is 22.5 Å². The summed E-state index contributed by atoms with van der Waals surface area (Å²) in [6.45, 7) is 4.81. The molecule has 2 amide bonds. The monoisotopic (exact) mass is 375 g/mol. The van der Waals surface area contributed by atoms with Crippen molar-refractivity contribution in [3.8, 4) is 0 Å². The first-order chi connectivity index (χ1) is 12.9. The van der Waals surface area contributed by atoms with Crippen LogP contribution in [0.15, 0.2) is 6.07 Å². The quantitative estimate of drug-likeness (QED) is 0.661. The van der Waals surface area contributed by atoms with E-state index < -0.39 is 17.9 Å². The van der Waals surface area contributed by atoms with Gasteiger partial charge in [-0.05, 0) is 13.8 Å². The molecule has 0 saturated heterocycles. The Hall–Kier alpha value is -3.24. The first kappa shape index (κ1) is 18.5. The van der Waals surface area contributed by atoms with Crippen molar-refractivity contribution in [2.75, 3.05) is 20.2 Å². The molecule has 11 nitrogen and oxygen atoms in total. The molecule has 1 unspecified atom stereocenters. The molecule has 0 spiro atoms. The summed E-state index contributed by atoms with van der Waals surface area (Å²) in [5.41, 5.74) is 0.541. The molecule has 144 valence electrons. The molecule has 27 heavy (non-hydrogen) atoms. The second kappa shape index (κ2) is 7.56. The van der Waals surface area contributed by atoms with Crippen molar-refractivity contribution in [1.82, 2.24) is 35.2 Å². The molecule has 2 aromatic heterocycles. The van der Waals surface area contributed by atoms with Gasteiger partial charge in [0.15, 0.2) is 11.5 Å². The zero-order valence-electron chi connectivity index (χ0n) is 15.4. The van der Waals surface area contributed by atoms with E-state index in [1.807, 2.05) is 0 Å². The van der Waals surface area contributed by atoms with Crippen LogP contribution in [0.3, 0.4) is 0 Å². The van der Waals surface area contributed by atoms with Crippen molar-refractivity contribution in [3.63, 3.8) is 0 Å². The Balaban J connectivity index is 1.65. The van der Waals surface area contributed by atoms with Gasteiger partial charge in [0.1, 0.15) is 17.9 Å². The number of amides is 2. The lowest BCUT2D eigenvalue weighted by atomic mass is 10.2. The average molecular weight is 375 g/mol. The van der Waals surface area contributed by atoms with E-state index in [0.29, 0.717) is 37.0 Å². The van der Waals surface area contributed by atoms with Crippen LogP contribution in [0.5, 0.6) is 0 Å². The molecule has 1 aliphatic rings. The van der Waals surface area contributed by atoms with E-state index in [1.54, 1.807) is 25.8 Å². The van der Waals surface area contributed by atoms with E-state index in [-0.39, 0.29) is 18.0 Å². The van der Waals surface area contributed by atoms with E-state index >= 15 is 0 Å². The Bertz CT molecular complexity index is 872. The van der Waals surface area contributed by atoms with Crippen LogP contribution in [0, 0.1) is 0 Å². The van der Waals surface area contributed by atoms with Crippen LogP contribution in [0.25, 0.3) is 0 Å². The van der Waals surface area contributed by atoms with Crippen LogP contribution in [0.1, 0.15) is 52.5 Å². The van der Waals surface area contributed by atoms with E-state index in [1.165, 1.54) is 10.7 Å². The molecule has 0 aromatic carbocycles. The number of aromatic nitrogens is 5. The molecule has 3 heterocycles. The van der Waals surface area contributed by atoms with Crippen molar-refractivity contribution in [2.24, 2.45) is 0 Å². The zero-order valence-corrected chi connectivity index (χ0v) is 15.4. The largest absolute Gasteiger partial charge is 0.466 e. The van der Waals surface area contributed by atoms with Crippen molar-refractivity contribution in [2.45, 2.75) is 32.9 Å². The van der Waals surface area contributed by atoms with Gasteiger partial charge in [-0.1, -0.05) is 0 Å². The third-order valence-electron chi connectivity index (χ3n) is 4.13. The van der Waals surface area contributed by atoms with Crippen molar-refractivity contribution < 1.29 is 19.1 Å². The molecule has 1 aliphatic heterocycles. The van der Waals surface area contributed by atoms with E-state index in [0.717, 1.165) is 0 Å². The summed E-state index contributed by atoms with van der Waals surface area (Å²) in [5, 5.41) is 13.6. The number of likely N-dealkylation sites (N-methyl/N-ethyl adjacent to an activating group) is 1. The zero-order chi connectivity index (χ0) is 19.6. The number of fused-ring (bicyclic) bond motifs is 1. The lowest BCUT2D eigenvalue weighted by Crippen LogP contribution is -2.37. The summed E-state index contributed by atoms with van der Waals surface area (Å²) in [6.07, 6.45) is -0.0229. The summed E-state index contributed by atoms with van der Waals surface area (Å²) < 4.78 is 6.39. The minimum atomic E-state index is -0.512. The lowest BCUT2D eigenvalue weighted by Gasteiger charge is -2.22. The summed E-state index contributed by atoms with van der Waals surface area (Å²) >= 11 is 0. The van der Waals surface area contributed by atoms with E-state index in [4.69, 9.17) is 4.74 Å². The van der Waals surface area contributed by atoms with Gasteiger partial charge in [0.2, 0.25) is 0 Å². The van der Waals surface area contributed by atoms with Crippen LogP contribution < -0.4 is 5.32 Å². The fraction of sp³-hybridized carbons (Fsp3) is 0.500. The highest BCUT2D eigenvalue weighted by atomic mass is 16.5. The van der Waals surface area contributed by atoms with Gasteiger partial charge >= 0.3 is 5.97 Å². The molecule has 0 aliphatic carbocycles. The van der Waals surface area contributed by atoms with Gasteiger partial charge in [-0.3, -0.25) is 24.2 Å². The van der Waals surface area contributed by atoms with Crippen molar-refractivity contribution >= 4 is 17.8 Å². The molecule has 2 N–H and O–H groups in total. The van der Waals surface area contributed by atoms with Gasteiger partial charge in [0.05, 0.1) is 19.2 Å². The number of carbonyl (C=O) groups excluding carboxylic acids is 3. The normalized spacial score (nSPS) is 14.6. The van der Waals surface area contributed by atoms with Crippen molar-refractivity contribution in [1.29, 1.82) is 0 Å². The maximum atomic E-state index is 12.5.